The molecule has 0 radical (unpaired) electrons. The summed E-state index contributed by atoms with van der Waals surface area (Å²) in [5.41, 5.74) is 0.806. The average molecular weight is 305 g/mol. The van der Waals surface area contributed by atoms with Gasteiger partial charge >= 0.3 is 0 Å². The van der Waals surface area contributed by atoms with Crippen molar-refractivity contribution in [1.29, 1.82) is 0 Å². The lowest BCUT2D eigenvalue weighted by Gasteiger charge is -2.16. The second-order valence-corrected chi connectivity index (χ2v) is 6.80. The Balaban J connectivity index is 3.02. The third-order valence-corrected chi connectivity index (χ3v) is 5.21. The Morgan fingerprint density at radius 2 is 2.00 bits per heavy atom. The van der Waals surface area contributed by atoms with Crippen molar-refractivity contribution in [2.75, 3.05) is 20.1 Å². The molecule has 0 aliphatic carbocycles. The third-order valence-electron chi connectivity index (χ3n) is 2.91. The summed E-state index contributed by atoms with van der Waals surface area (Å²) >= 11 is 6.09. The Morgan fingerprint density at radius 3 is 2.58 bits per heavy atom. The lowest BCUT2D eigenvalue weighted by Crippen LogP contribution is -2.26. The van der Waals surface area contributed by atoms with Gasteiger partial charge in [0.2, 0.25) is 10.0 Å². The zero-order chi connectivity index (χ0) is 14.5. The van der Waals surface area contributed by atoms with Crippen LogP contribution in [-0.2, 0) is 16.6 Å². The van der Waals surface area contributed by atoms with Crippen LogP contribution in [0.3, 0.4) is 0 Å². The zero-order valence-electron chi connectivity index (χ0n) is 11.6. The van der Waals surface area contributed by atoms with Crippen LogP contribution in [0.2, 0.25) is 5.02 Å². The highest BCUT2D eigenvalue weighted by atomic mass is 35.5. The van der Waals surface area contributed by atoms with Gasteiger partial charge in [-0.05, 0) is 36.7 Å². The van der Waals surface area contributed by atoms with Crippen LogP contribution in [0.15, 0.2) is 23.1 Å². The SMILES string of the molecule is CCCNCc1cc(S(=O)(=O)N(C)CC)ccc1Cl. The molecule has 0 amide bonds. The maximum absolute atomic E-state index is 12.2. The van der Waals surface area contributed by atoms with Crippen molar-refractivity contribution in [2.24, 2.45) is 0 Å². The fourth-order valence-electron chi connectivity index (χ4n) is 1.60. The monoisotopic (exact) mass is 304 g/mol. The van der Waals surface area contributed by atoms with Crippen LogP contribution in [0.25, 0.3) is 0 Å². The fourth-order valence-corrected chi connectivity index (χ4v) is 3.01. The molecule has 4 nitrogen and oxygen atoms in total. The van der Waals surface area contributed by atoms with Crippen molar-refractivity contribution in [3.63, 3.8) is 0 Å². The number of nitrogens with zero attached hydrogens (tertiary/aromatic N) is 1. The quantitative estimate of drug-likeness (QED) is 0.787. The summed E-state index contributed by atoms with van der Waals surface area (Å²) in [7, 11) is -1.84. The Kier molecular flexibility index (Phi) is 6.26. The first-order valence-corrected chi connectivity index (χ1v) is 8.20. The van der Waals surface area contributed by atoms with Crippen LogP contribution >= 0.6 is 11.6 Å². The Bertz CT molecular complexity index is 517. The third kappa shape index (κ3) is 4.18. The van der Waals surface area contributed by atoms with Crippen LogP contribution in [0.5, 0.6) is 0 Å². The highest BCUT2D eigenvalue weighted by Crippen LogP contribution is 2.22. The summed E-state index contributed by atoms with van der Waals surface area (Å²) in [5, 5.41) is 3.81. The maximum atomic E-state index is 12.2. The summed E-state index contributed by atoms with van der Waals surface area (Å²) in [5.74, 6) is 0. The highest BCUT2D eigenvalue weighted by Gasteiger charge is 2.20. The molecular formula is C13H21ClN2O2S. The highest BCUT2D eigenvalue weighted by molar-refractivity contribution is 7.89. The van der Waals surface area contributed by atoms with E-state index in [1.54, 1.807) is 32.2 Å². The van der Waals surface area contributed by atoms with Gasteiger partial charge in [-0.25, -0.2) is 12.7 Å². The maximum Gasteiger partial charge on any atom is 0.242 e. The molecule has 0 saturated heterocycles. The van der Waals surface area contributed by atoms with E-state index in [9.17, 15) is 8.42 Å². The number of sulfonamides is 1. The Morgan fingerprint density at radius 1 is 1.32 bits per heavy atom. The van der Waals surface area contributed by atoms with E-state index < -0.39 is 10.0 Å². The van der Waals surface area contributed by atoms with Crippen LogP contribution < -0.4 is 5.32 Å². The molecular weight excluding hydrogens is 284 g/mol. The first kappa shape index (κ1) is 16.4. The number of hydrogen-bond donors (Lipinski definition) is 1. The summed E-state index contributed by atoms with van der Waals surface area (Å²) in [6.45, 7) is 5.77. The largest absolute Gasteiger partial charge is 0.313 e. The second-order valence-electron chi connectivity index (χ2n) is 4.35. The minimum Gasteiger partial charge on any atom is -0.313 e. The van der Waals surface area contributed by atoms with Gasteiger partial charge in [0.1, 0.15) is 0 Å². The molecule has 6 heteroatoms. The average Bonchev–Trinajstić information content (AvgIpc) is 2.39. The van der Waals surface area contributed by atoms with E-state index in [0.717, 1.165) is 18.5 Å². The first-order chi connectivity index (χ1) is 8.93. The predicted octanol–water partition coefficient (Wildman–Crippen LogP) is 2.48. The molecule has 108 valence electrons. The molecule has 0 heterocycles. The molecule has 19 heavy (non-hydrogen) atoms. The van der Waals surface area contributed by atoms with Gasteiger partial charge in [0.05, 0.1) is 4.90 Å². The summed E-state index contributed by atoms with van der Waals surface area (Å²) in [4.78, 5) is 0.287. The van der Waals surface area contributed by atoms with Gasteiger partial charge < -0.3 is 5.32 Å². The Labute approximate surface area is 120 Å². The molecule has 0 aliphatic heterocycles. The molecule has 0 unspecified atom stereocenters. The van der Waals surface area contributed by atoms with Gasteiger partial charge in [-0.1, -0.05) is 25.4 Å². The summed E-state index contributed by atoms with van der Waals surface area (Å²) < 4.78 is 25.8. The Hall–Kier alpha value is -0.620. The molecule has 1 N–H and O–H groups in total. The van der Waals surface area contributed by atoms with Crippen LogP contribution in [0.1, 0.15) is 25.8 Å². The van der Waals surface area contributed by atoms with Gasteiger partial charge in [-0.2, -0.15) is 0 Å². The van der Waals surface area contributed by atoms with Crippen LogP contribution in [0, 0.1) is 0 Å². The number of hydrogen-bond acceptors (Lipinski definition) is 3. The molecule has 1 aromatic carbocycles. The predicted molar refractivity (Wildman–Crippen MR) is 78.9 cm³/mol. The van der Waals surface area contributed by atoms with Crippen molar-refractivity contribution in [3.05, 3.63) is 28.8 Å². The lowest BCUT2D eigenvalue weighted by atomic mass is 10.2. The van der Waals surface area contributed by atoms with Crippen LogP contribution in [0.4, 0.5) is 0 Å². The van der Waals surface area contributed by atoms with Gasteiger partial charge in [0.15, 0.2) is 0 Å². The summed E-state index contributed by atoms with van der Waals surface area (Å²) in [6, 6.07) is 4.83. The van der Waals surface area contributed by atoms with E-state index in [0.29, 0.717) is 18.1 Å². The minimum absolute atomic E-state index is 0.287. The molecule has 0 spiro atoms. The van der Waals surface area contributed by atoms with E-state index in [1.165, 1.54) is 4.31 Å². The van der Waals surface area contributed by atoms with Gasteiger partial charge in [0.25, 0.3) is 0 Å². The van der Waals surface area contributed by atoms with Crippen molar-refractivity contribution in [3.8, 4) is 0 Å². The molecule has 1 aromatic rings. The normalized spacial score (nSPS) is 12.1. The van der Waals surface area contributed by atoms with E-state index >= 15 is 0 Å². The first-order valence-electron chi connectivity index (χ1n) is 6.39. The van der Waals surface area contributed by atoms with Gasteiger partial charge in [-0.3, -0.25) is 0 Å². The molecule has 1 rings (SSSR count). The van der Waals surface area contributed by atoms with Crippen molar-refractivity contribution >= 4 is 21.6 Å². The number of benzene rings is 1. The van der Waals surface area contributed by atoms with Gasteiger partial charge in [-0.15, -0.1) is 0 Å². The molecule has 0 atom stereocenters. The zero-order valence-corrected chi connectivity index (χ0v) is 13.2. The number of rotatable bonds is 7. The van der Waals surface area contributed by atoms with Crippen molar-refractivity contribution in [1.82, 2.24) is 9.62 Å². The second kappa shape index (κ2) is 7.24. The van der Waals surface area contributed by atoms with E-state index in [-0.39, 0.29) is 4.90 Å². The van der Waals surface area contributed by atoms with Crippen LogP contribution in [-0.4, -0.2) is 32.9 Å². The molecule has 0 aliphatic rings. The van der Waals surface area contributed by atoms with Gasteiger partial charge in [0, 0.05) is 25.2 Å². The lowest BCUT2D eigenvalue weighted by molar-refractivity contribution is 0.486. The molecule has 0 bridgehead atoms. The number of nitrogens with one attached hydrogen (secondary N) is 1. The number of halogens is 1. The summed E-state index contributed by atoms with van der Waals surface area (Å²) in [6.07, 6.45) is 1.02. The standard InChI is InChI=1S/C13H21ClN2O2S/c1-4-8-15-10-11-9-12(6-7-13(11)14)19(17,18)16(3)5-2/h6-7,9,15H,4-5,8,10H2,1-3H3. The minimum atomic E-state index is -3.41. The molecule has 0 saturated carbocycles. The molecule has 0 aromatic heterocycles. The van der Waals surface area contributed by atoms with E-state index in [4.69, 9.17) is 11.6 Å². The fraction of sp³-hybridized carbons (Fsp3) is 0.538. The molecule has 0 fully saturated rings. The van der Waals surface area contributed by atoms with E-state index in [2.05, 4.69) is 12.2 Å². The van der Waals surface area contributed by atoms with Crippen molar-refractivity contribution < 1.29 is 8.42 Å². The smallest absolute Gasteiger partial charge is 0.242 e. The van der Waals surface area contributed by atoms with Crippen molar-refractivity contribution in [2.45, 2.75) is 31.7 Å². The topological polar surface area (TPSA) is 49.4 Å². The van der Waals surface area contributed by atoms with E-state index in [1.807, 2.05) is 0 Å².